The van der Waals surface area contributed by atoms with Crippen LogP contribution in [0.5, 0.6) is 11.8 Å². The highest BCUT2D eigenvalue weighted by Gasteiger charge is 2.52. The molecule has 2 bridgehead atoms. The molecule has 0 saturated carbocycles. The van der Waals surface area contributed by atoms with Gasteiger partial charge in [-0.3, -0.25) is 9.69 Å². The lowest BCUT2D eigenvalue weighted by Gasteiger charge is -2.42. The molecule has 4 fully saturated rings. The number of aromatic nitrogens is 2. The van der Waals surface area contributed by atoms with Crippen LogP contribution in [0.2, 0.25) is 0 Å². The highest BCUT2D eigenvalue weighted by atomic mass is 19.4. The summed E-state index contributed by atoms with van der Waals surface area (Å²) in [5, 5.41) is 11.4. The molecule has 0 aliphatic carbocycles. The van der Waals surface area contributed by atoms with E-state index in [2.05, 4.69) is 15.9 Å². The molecule has 4 atom stereocenters. The monoisotopic (exact) mass is 695 g/mol. The van der Waals surface area contributed by atoms with Crippen molar-refractivity contribution in [1.29, 1.82) is 0 Å². The predicted octanol–water partition coefficient (Wildman–Crippen LogP) is 6.11. The van der Waals surface area contributed by atoms with Gasteiger partial charge in [0, 0.05) is 42.4 Å². The maximum absolute atomic E-state index is 16.9. The molecule has 5 heterocycles. The van der Waals surface area contributed by atoms with Gasteiger partial charge in [-0.25, -0.2) is 13.2 Å². The second-order valence-corrected chi connectivity index (χ2v) is 13.7. The topological polar surface area (TPSA) is 82.0 Å². The molecule has 1 aromatic heterocycles. The number of rotatable bonds is 5. The van der Waals surface area contributed by atoms with Crippen molar-refractivity contribution in [1.82, 2.24) is 19.8 Å². The maximum Gasteiger partial charge on any atom is 0.471 e. The summed E-state index contributed by atoms with van der Waals surface area (Å²) in [7, 11) is 0. The van der Waals surface area contributed by atoms with Crippen LogP contribution in [-0.4, -0.2) is 93.5 Å². The number of carbonyl (C=O) groups is 1. The van der Waals surface area contributed by atoms with E-state index in [1.165, 1.54) is 24.3 Å². The number of fused-ring (bicyclic) bond motifs is 5. The van der Waals surface area contributed by atoms with Gasteiger partial charge in [-0.2, -0.15) is 23.1 Å². The summed E-state index contributed by atoms with van der Waals surface area (Å²) in [4.78, 5) is 26.1. The van der Waals surface area contributed by atoms with Crippen molar-refractivity contribution in [2.24, 2.45) is 0 Å². The molecule has 50 heavy (non-hydrogen) atoms. The smallest absolute Gasteiger partial charge is 0.471 e. The second-order valence-electron chi connectivity index (χ2n) is 13.7. The number of alkyl halides is 4. The van der Waals surface area contributed by atoms with Gasteiger partial charge in [0.25, 0.3) is 0 Å². The van der Waals surface area contributed by atoms with E-state index < -0.39 is 47.5 Å². The minimum Gasteiger partial charge on any atom is -0.508 e. The third-order valence-corrected chi connectivity index (χ3v) is 10.7. The van der Waals surface area contributed by atoms with Gasteiger partial charge in [-0.15, -0.1) is 6.42 Å². The number of terminal acetylenes is 1. The molecule has 0 spiro atoms. The number of halogens is 6. The Morgan fingerprint density at radius 1 is 1.06 bits per heavy atom. The van der Waals surface area contributed by atoms with Crippen molar-refractivity contribution < 1.29 is 41.0 Å². The molecule has 0 radical (unpaired) electrons. The Bertz CT molecular complexity index is 2090. The Balaban J connectivity index is 1.25. The molecule has 4 aliphatic heterocycles. The first-order valence-electron chi connectivity index (χ1n) is 16.5. The highest BCUT2D eigenvalue weighted by Crippen LogP contribution is 2.43. The molecule has 4 aromatic rings. The zero-order valence-corrected chi connectivity index (χ0v) is 26.6. The van der Waals surface area contributed by atoms with E-state index in [0.29, 0.717) is 31.2 Å². The molecule has 4 saturated heterocycles. The third-order valence-electron chi connectivity index (χ3n) is 10.7. The SMILES string of the molecule is C#Cc1c(F)ccc2cc(O)cc(-c3ccc4c(N5CC6CCC(C5)N6C(=O)C(F)(F)F)nc(OC[C@@]56CCCN5C[C@H](F)C6)nc4c3F)c12. The number of phenolic OH excluding ortho intramolecular Hbond substituents is 1. The number of phenols is 1. The highest BCUT2D eigenvalue weighted by molar-refractivity contribution is 6.04. The molecule has 8 rings (SSSR count). The van der Waals surface area contributed by atoms with Gasteiger partial charge in [0.1, 0.15) is 35.7 Å². The van der Waals surface area contributed by atoms with Crippen molar-refractivity contribution in [2.75, 3.05) is 37.7 Å². The van der Waals surface area contributed by atoms with Crippen LogP contribution in [0.3, 0.4) is 0 Å². The number of ether oxygens (including phenoxy) is 1. The normalized spacial score (nSPS) is 25.0. The molecule has 260 valence electrons. The van der Waals surface area contributed by atoms with Crippen molar-refractivity contribution in [2.45, 2.75) is 62.1 Å². The average Bonchev–Trinajstić information content (AvgIpc) is 3.69. The molecular weight excluding hydrogens is 664 g/mol. The summed E-state index contributed by atoms with van der Waals surface area (Å²) >= 11 is 0. The first-order chi connectivity index (χ1) is 23.9. The van der Waals surface area contributed by atoms with E-state index in [9.17, 15) is 31.9 Å². The summed E-state index contributed by atoms with van der Waals surface area (Å²) in [5.41, 5.74) is -0.804. The fourth-order valence-corrected chi connectivity index (χ4v) is 8.62. The van der Waals surface area contributed by atoms with Crippen LogP contribution >= 0.6 is 0 Å². The number of anilines is 1. The summed E-state index contributed by atoms with van der Waals surface area (Å²) in [5.74, 6) is -1.12. The largest absolute Gasteiger partial charge is 0.508 e. The number of amides is 1. The van der Waals surface area contributed by atoms with Crippen LogP contribution in [-0.2, 0) is 4.79 Å². The van der Waals surface area contributed by atoms with Crippen LogP contribution in [0.4, 0.5) is 32.2 Å². The number of aromatic hydroxyl groups is 1. The van der Waals surface area contributed by atoms with Gasteiger partial charge in [-0.1, -0.05) is 18.1 Å². The Morgan fingerprint density at radius 3 is 2.54 bits per heavy atom. The Labute approximate surface area is 282 Å². The van der Waals surface area contributed by atoms with Crippen molar-refractivity contribution in [3.8, 4) is 35.2 Å². The number of hydrogen-bond acceptors (Lipinski definition) is 7. The minimum atomic E-state index is -5.02. The van der Waals surface area contributed by atoms with Crippen LogP contribution in [0.1, 0.15) is 37.7 Å². The zero-order valence-electron chi connectivity index (χ0n) is 26.6. The van der Waals surface area contributed by atoms with E-state index in [1.807, 2.05) is 4.90 Å². The molecule has 1 N–H and O–H groups in total. The number of hydrogen-bond donors (Lipinski definition) is 1. The van der Waals surface area contributed by atoms with E-state index in [0.717, 1.165) is 17.4 Å². The Hall–Kier alpha value is -4.77. The van der Waals surface area contributed by atoms with E-state index in [-0.39, 0.29) is 83.2 Å². The van der Waals surface area contributed by atoms with Gasteiger partial charge in [0.2, 0.25) is 0 Å². The van der Waals surface area contributed by atoms with Crippen LogP contribution in [0, 0.1) is 24.0 Å². The lowest BCUT2D eigenvalue weighted by atomic mass is 9.93. The molecule has 1 amide bonds. The first kappa shape index (κ1) is 32.4. The summed E-state index contributed by atoms with van der Waals surface area (Å²) < 4.78 is 92.9. The van der Waals surface area contributed by atoms with Crippen LogP contribution in [0.15, 0.2) is 36.4 Å². The number of carbonyl (C=O) groups excluding carboxylic acids is 1. The second kappa shape index (κ2) is 11.7. The van der Waals surface area contributed by atoms with Crippen molar-refractivity contribution >= 4 is 33.4 Å². The van der Waals surface area contributed by atoms with Crippen LogP contribution < -0.4 is 9.64 Å². The zero-order chi connectivity index (χ0) is 35.1. The van der Waals surface area contributed by atoms with Gasteiger partial charge < -0.3 is 19.6 Å². The molecular formula is C36H31F6N5O3. The van der Waals surface area contributed by atoms with Crippen LogP contribution in [0.25, 0.3) is 32.8 Å². The predicted molar refractivity (Wildman–Crippen MR) is 172 cm³/mol. The maximum atomic E-state index is 16.9. The van der Waals surface area contributed by atoms with Gasteiger partial charge >= 0.3 is 18.1 Å². The molecule has 2 unspecified atom stereocenters. The first-order valence-corrected chi connectivity index (χ1v) is 16.5. The average molecular weight is 696 g/mol. The lowest BCUT2D eigenvalue weighted by molar-refractivity contribution is -0.188. The fourth-order valence-electron chi connectivity index (χ4n) is 8.62. The van der Waals surface area contributed by atoms with Crippen molar-refractivity contribution in [3.05, 3.63) is 53.6 Å². The molecule has 8 nitrogen and oxygen atoms in total. The van der Waals surface area contributed by atoms with Gasteiger partial charge in [0.15, 0.2) is 5.82 Å². The summed E-state index contributed by atoms with van der Waals surface area (Å²) in [6.07, 6.45) is 2.16. The molecule has 14 heteroatoms. The quantitative estimate of drug-likeness (QED) is 0.199. The molecule has 3 aromatic carbocycles. The Morgan fingerprint density at radius 2 is 1.82 bits per heavy atom. The van der Waals surface area contributed by atoms with E-state index in [1.54, 1.807) is 11.0 Å². The molecule has 4 aliphatic rings. The van der Waals surface area contributed by atoms with Gasteiger partial charge in [-0.05, 0) is 67.4 Å². The Kier molecular flexibility index (Phi) is 7.56. The van der Waals surface area contributed by atoms with Crippen molar-refractivity contribution in [3.63, 3.8) is 0 Å². The lowest BCUT2D eigenvalue weighted by Crippen LogP contribution is -2.59. The number of benzene rings is 3. The minimum absolute atomic E-state index is 0.0104. The summed E-state index contributed by atoms with van der Waals surface area (Å²) in [6.45, 7) is 1.06. The van der Waals surface area contributed by atoms with Gasteiger partial charge in [0.05, 0.1) is 23.2 Å². The number of piperazine rings is 1. The number of nitrogens with zero attached hydrogens (tertiary/aromatic N) is 5. The van der Waals surface area contributed by atoms with E-state index in [4.69, 9.17) is 11.2 Å². The van der Waals surface area contributed by atoms with E-state index >= 15 is 4.39 Å². The standard InChI is InChI=1S/C36H31F6N5O3/c1-2-24-28(38)9-4-19-12-23(48)13-27(29(19)24)25-7-8-26-31(30(25)39)43-34(50-18-35-10-3-11-46(35)15-20(37)14-35)44-32(26)45-16-21-5-6-22(17-45)47(21)33(49)36(40,41)42/h1,4,7-9,12-13,20-22,48H,3,5-6,10-11,14-18H2/t20-,21?,22?,35+/m1/s1. The fraction of sp³-hybridized carbons (Fsp3) is 0.417. The third kappa shape index (κ3) is 5.16. The summed E-state index contributed by atoms with van der Waals surface area (Å²) in [6, 6.07) is 6.54.